The van der Waals surface area contributed by atoms with E-state index >= 15 is 0 Å². The number of halogens is 3. The Morgan fingerprint density at radius 3 is 2.53 bits per heavy atom. The molecule has 0 aliphatic rings. The number of nitrogens with one attached hydrogen (secondary N) is 1. The molecule has 2 aromatic carbocycles. The molecule has 1 atom stereocenters. The number of nitrogens with two attached hydrogens (primary N) is 1. The van der Waals surface area contributed by atoms with Gasteiger partial charge in [-0.15, -0.1) is 0 Å². The maximum absolute atomic E-state index is 6.18. The zero-order valence-electron chi connectivity index (χ0n) is 10.3. The van der Waals surface area contributed by atoms with Gasteiger partial charge in [-0.2, -0.15) is 0 Å². The summed E-state index contributed by atoms with van der Waals surface area (Å²) in [6.45, 7) is 1.98. The zero-order chi connectivity index (χ0) is 14.0. The van der Waals surface area contributed by atoms with Gasteiger partial charge in [0.25, 0.3) is 0 Å². The van der Waals surface area contributed by atoms with Gasteiger partial charge in [-0.3, -0.25) is 5.84 Å². The second-order valence-electron chi connectivity index (χ2n) is 4.27. The lowest BCUT2D eigenvalue weighted by Crippen LogP contribution is -2.29. The van der Waals surface area contributed by atoms with Crippen molar-refractivity contribution in [3.8, 4) is 0 Å². The maximum atomic E-state index is 6.18. The number of hydrazine groups is 1. The van der Waals surface area contributed by atoms with Crippen LogP contribution in [-0.4, -0.2) is 0 Å². The first-order valence-corrected chi connectivity index (χ1v) is 7.66. The first kappa shape index (κ1) is 15.0. The van der Waals surface area contributed by atoms with Crippen molar-refractivity contribution >= 4 is 43.5 Å². The number of rotatable bonds is 3. The Hall–Kier alpha value is -0.390. The Labute approximate surface area is 134 Å². The average molecular weight is 405 g/mol. The summed E-state index contributed by atoms with van der Waals surface area (Å²) in [6.07, 6.45) is 0. The summed E-state index contributed by atoms with van der Waals surface area (Å²) in [5, 5.41) is 0.740. The molecule has 5 heteroatoms. The molecule has 0 heterocycles. The smallest absolute Gasteiger partial charge is 0.0721 e. The Balaban J connectivity index is 2.49. The van der Waals surface area contributed by atoms with Crippen LogP contribution in [0.5, 0.6) is 0 Å². The van der Waals surface area contributed by atoms with Crippen LogP contribution in [0, 0.1) is 6.92 Å². The van der Waals surface area contributed by atoms with Gasteiger partial charge >= 0.3 is 0 Å². The third-order valence-corrected chi connectivity index (χ3v) is 4.59. The molecule has 100 valence electrons. The summed E-state index contributed by atoms with van der Waals surface area (Å²) in [7, 11) is 0. The summed E-state index contributed by atoms with van der Waals surface area (Å²) < 4.78 is 2.00. The average Bonchev–Trinajstić information content (AvgIpc) is 2.38. The minimum atomic E-state index is -0.120. The lowest BCUT2D eigenvalue weighted by Gasteiger charge is -2.19. The molecule has 0 radical (unpaired) electrons. The molecule has 2 rings (SSSR count). The van der Waals surface area contributed by atoms with Crippen LogP contribution in [0.1, 0.15) is 22.7 Å². The van der Waals surface area contributed by atoms with Gasteiger partial charge in [-0.1, -0.05) is 55.6 Å². The quantitative estimate of drug-likeness (QED) is 0.574. The fourth-order valence-electron chi connectivity index (χ4n) is 1.89. The first-order chi connectivity index (χ1) is 9.02. The SMILES string of the molecule is Cc1ccc(C(NN)c2cc(Br)ccc2Br)cc1Cl. The van der Waals surface area contributed by atoms with Gasteiger partial charge in [-0.25, -0.2) is 5.43 Å². The van der Waals surface area contributed by atoms with Gasteiger partial charge in [0.2, 0.25) is 0 Å². The maximum Gasteiger partial charge on any atom is 0.0721 e. The van der Waals surface area contributed by atoms with E-state index in [4.69, 9.17) is 17.4 Å². The zero-order valence-corrected chi connectivity index (χ0v) is 14.2. The van der Waals surface area contributed by atoms with Crippen LogP contribution in [0.4, 0.5) is 0 Å². The predicted octanol–water partition coefficient (Wildman–Crippen LogP) is 4.73. The fraction of sp³-hybridized carbons (Fsp3) is 0.143. The van der Waals surface area contributed by atoms with Gasteiger partial charge in [-0.05, 0) is 47.9 Å². The minimum absolute atomic E-state index is 0.120. The van der Waals surface area contributed by atoms with Crippen LogP contribution in [0.15, 0.2) is 45.3 Å². The van der Waals surface area contributed by atoms with E-state index in [1.807, 2.05) is 43.3 Å². The van der Waals surface area contributed by atoms with Crippen molar-refractivity contribution in [2.24, 2.45) is 5.84 Å². The molecule has 0 aromatic heterocycles. The lowest BCUT2D eigenvalue weighted by atomic mass is 9.98. The van der Waals surface area contributed by atoms with Crippen molar-refractivity contribution in [3.05, 3.63) is 67.1 Å². The van der Waals surface area contributed by atoms with E-state index < -0.39 is 0 Å². The molecule has 0 saturated heterocycles. The van der Waals surface area contributed by atoms with Gasteiger partial charge in [0.05, 0.1) is 6.04 Å². The molecule has 0 aliphatic carbocycles. The van der Waals surface area contributed by atoms with Crippen LogP contribution in [0.25, 0.3) is 0 Å². The molecule has 1 unspecified atom stereocenters. The normalized spacial score (nSPS) is 12.5. The molecule has 2 aromatic rings. The number of aryl methyl sites for hydroxylation is 1. The molecule has 2 nitrogen and oxygen atoms in total. The molecule has 0 saturated carbocycles. The molecule has 0 aliphatic heterocycles. The summed E-state index contributed by atoms with van der Waals surface area (Å²) in [5.74, 6) is 5.71. The van der Waals surface area contributed by atoms with Crippen LogP contribution >= 0.6 is 43.5 Å². The van der Waals surface area contributed by atoms with Crippen LogP contribution in [0.3, 0.4) is 0 Å². The Morgan fingerprint density at radius 1 is 1.16 bits per heavy atom. The lowest BCUT2D eigenvalue weighted by molar-refractivity contribution is 0.634. The predicted molar refractivity (Wildman–Crippen MR) is 87.2 cm³/mol. The largest absolute Gasteiger partial charge is 0.271 e. The van der Waals surface area contributed by atoms with E-state index in [1.54, 1.807) is 0 Å². The minimum Gasteiger partial charge on any atom is -0.271 e. The van der Waals surface area contributed by atoms with Crippen LogP contribution < -0.4 is 11.3 Å². The van der Waals surface area contributed by atoms with E-state index in [0.717, 1.165) is 30.7 Å². The summed E-state index contributed by atoms with van der Waals surface area (Å²) in [4.78, 5) is 0. The van der Waals surface area contributed by atoms with E-state index in [-0.39, 0.29) is 6.04 Å². The molecular formula is C14H13Br2ClN2. The summed E-state index contributed by atoms with van der Waals surface area (Å²) in [6, 6.07) is 11.8. The molecule has 0 amide bonds. The van der Waals surface area contributed by atoms with Crippen molar-refractivity contribution in [2.45, 2.75) is 13.0 Å². The molecule has 0 bridgehead atoms. The van der Waals surface area contributed by atoms with Crippen LogP contribution in [0.2, 0.25) is 5.02 Å². The fourth-order valence-corrected chi connectivity index (χ4v) is 2.93. The highest BCUT2D eigenvalue weighted by Crippen LogP contribution is 2.32. The van der Waals surface area contributed by atoms with Gasteiger partial charge in [0.15, 0.2) is 0 Å². The van der Waals surface area contributed by atoms with Crippen LogP contribution in [-0.2, 0) is 0 Å². The Kier molecular flexibility index (Phi) is 5.03. The number of benzene rings is 2. The van der Waals surface area contributed by atoms with E-state index in [9.17, 15) is 0 Å². The molecule has 19 heavy (non-hydrogen) atoms. The molecule has 3 N–H and O–H groups in total. The van der Waals surface area contributed by atoms with Crippen molar-refractivity contribution in [3.63, 3.8) is 0 Å². The van der Waals surface area contributed by atoms with Crippen molar-refractivity contribution in [2.75, 3.05) is 0 Å². The van der Waals surface area contributed by atoms with Crippen molar-refractivity contribution in [1.82, 2.24) is 5.43 Å². The molecule has 0 fully saturated rings. The molecular weight excluding hydrogens is 391 g/mol. The topological polar surface area (TPSA) is 38.0 Å². The number of hydrogen-bond donors (Lipinski definition) is 2. The Bertz CT molecular complexity index is 602. The highest BCUT2D eigenvalue weighted by Gasteiger charge is 2.16. The standard InChI is InChI=1S/C14H13Br2ClN2/c1-8-2-3-9(6-13(8)17)14(19-18)11-7-10(15)4-5-12(11)16/h2-7,14,19H,18H2,1H3. The second kappa shape index (κ2) is 6.37. The van der Waals surface area contributed by atoms with Crippen molar-refractivity contribution < 1.29 is 0 Å². The van der Waals surface area contributed by atoms with E-state index in [2.05, 4.69) is 37.3 Å². The third kappa shape index (κ3) is 3.38. The Morgan fingerprint density at radius 2 is 1.89 bits per heavy atom. The highest BCUT2D eigenvalue weighted by atomic mass is 79.9. The molecule has 0 spiro atoms. The highest BCUT2D eigenvalue weighted by molar-refractivity contribution is 9.11. The van der Waals surface area contributed by atoms with Crippen molar-refractivity contribution in [1.29, 1.82) is 0 Å². The van der Waals surface area contributed by atoms with Gasteiger partial charge in [0.1, 0.15) is 0 Å². The van der Waals surface area contributed by atoms with Gasteiger partial charge < -0.3 is 0 Å². The summed E-state index contributed by atoms with van der Waals surface area (Å²) in [5.41, 5.74) is 5.97. The monoisotopic (exact) mass is 402 g/mol. The number of hydrogen-bond acceptors (Lipinski definition) is 2. The van der Waals surface area contributed by atoms with Gasteiger partial charge in [0, 0.05) is 14.0 Å². The van der Waals surface area contributed by atoms with E-state index in [0.29, 0.717) is 0 Å². The van der Waals surface area contributed by atoms with E-state index in [1.165, 1.54) is 0 Å². The third-order valence-electron chi connectivity index (χ3n) is 2.96. The second-order valence-corrected chi connectivity index (χ2v) is 6.45. The summed E-state index contributed by atoms with van der Waals surface area (Å²) >= 11 is 13.2. The first-order valence-electron chi connectivity index (χ1n) is 5.70.